The zero-order chi connectivity index (χ0) is 23.1. The third kappa shape index (κ3) is 4.27. The van der Waals surface area contributed by atoms with Gasteiger partial charge in [0.25, 0.3) is 0 Å². The van der Waals surface area contributed by atoms with E-state index in [1.54, 1.807) is 6.07 Å². The van der Waals surface area contributed by atoms with Gasteiger partial charge in [-0.2, -0.15) is 0 Å². The molecule has 2 aromatic heterocycles. The molecule has 2 aliphatic rings. The molecule has 1 aliphatic carbocycles. The number of aliphatic hydroxyl groups is 2. The first-order valence-corrected chi connectivity index (χ1v) is 11.9. The van der Waals surface area contributed by atoms with Crippen LogP contribution in [-0.4, -0.2) is 72.4 Å². The Morgan fingerprint density at radius 3 is 2.85 bits per heavy atom. The normalized spacial score (nSPS) is 26.8. The second-order valence-corrected chi connectivity index (χ2v) is 9.35. The molecule has 0 unspecified atom stereocenters. The molecule has 0 radical (unpaired) electrons. The standard InChI is InChI=1S/C21H24F2N6O3S/c1-2-5-33-21-25-19(24-14-7-11(14)10-3-4-12(22)13(23)6-10)17-20(26-21)29(28-27-17)15-9-32-16(8-30)18(15)31/h3-4,6,11,14-16,18,30-31H,2,5,7-9H2,1H3,(H,24,25,26)/t11-,14-,15-,16+,18+/m0/s1. The lowest BCUT2D eigenvalue weighted by Crippen LogP contribution is -2.31. The number of hydrogen-bond acceptors (Lipinski definition) is 9. The molecule has 33 heavy (non-hydrogen) atoms. The molecule has 1 aromatic carbocycles. The molecule has 12 heteroatoms. The van der Waals surface area contributed by atoms with Crippen LogP contribution in [0.15, 0.2) is 23.4 Å². The van der Waals surface area contributed by atoms with E-state index in [2.05, 4.69) is 32.5 Å². The summed E-state index contributed by atoms with van der Waals surface area (Å²) in [7, 11) is 0. The maximum Gasteiger partial charge on any atom is 0.191 e. The molecule has 1 saturated heterocycles. The first-order chi connectivity index (χ1) is 16.0. The molecule has 0 amide bonds. The summed E-state index contributed by atoms with van der Waals surface area (Å²) >= 11 is 1.50. The Kier molecular flexibility index (Phi) is 6.16. The van der Waals surface area contributed by atoms with E-state index in [0.717, 1.165) is 30.2 Å². The number of nitrogens with zero attached hydrogens (tertiary/aromatic N) is 5. The zero-order valence-electron chi connectivity index (χ0n) is 17.9. The third-order valence-corrected chi connectivity index (χ3v) is 7.03. The average molecular weight is 479 g/mol. The van der Waals surface area contributed by atoms with E-state index in [0.29, 0.717) is 22.1 Å². The number of rotatable bonds is 8. The molecule has 0 bridgehead atoms. The van der Waals surface area contributed by atoms with Crippen LogP contribution in [0.2, 0.25) is 0 Å². The van der Waals surface area contributed by atoms with Crippen LogP contribution in [0.25, 0.3) is 11.2 Å². The molecule has 3 N–H and O–H groups in total. The van der Waals surface area contributed by atoms with Gasteiger partial charge in [0.1, 0.15) is 18.2 Å². The summed E-state index contributed by atoms with van der Waals surface area (Å²) in [5.74, 6) is -0.358. The van der Waals surface area contributed by atoms with Crippen LogP contribution in [0.3, 0.4) is 0 Å². The van der Waals surface area contributed by atoms with Crippen LogP contribution in [0.4, 0.5) is 14.6 Å². The minimum Gasteiger partial charge on any atom is -0.394 e. The molecule has 9 nitrogen and oxygen atoms in total. The molecule has 5 rings (SSSR count). The maximum absolute atomic E-state index is 13.7. The predicted octanol–water partition coefficient (Wildman–Crippen LogP) is 2.26. The Labute approximate surface area is 192 Å². The van der Waals surface area contributed by atoms with Crippen molar-refractivity contribution in [1.82, 2.24) is 25.0 Å². The molecular formula is C21H24F2N6O3S. The van der Waals surface area contributed by atoms with Crippen molar-refractivity contribution in [2.45, 2.75) is 55.1 Å². The molecular weight excluding hydrogens is 454 g/mol. The Balaban J connectivity index is 1.44. The average Bonchev–Trinajstić information content (AvgIpc) is 3.28. The monoisotopic (exact) mass is 478 g/mol. The first-order valence-electron chi connectivity index (χ1n) is 10.9. The fourth-order valence-corrected chi connectivity index (χ4v) is 4.77. The number of anilines is 1. The second kappa shape index (κ2) is 9.09. The number of thioether (sulfide) groups is 1. The first kappa shape index (κ1) is 22.4. The van der Waals surface area contributed by atoms with Crippen molar-refractivity contribution in [3.05, 3.63) is 35.4 Å². The number of nitrogens with one attached hydrogen (secondary N) is 1. The van der Waals surface area contributed by atoms with Crippen LogP contribution in [0.1, 0.15) is 37.3 Å². The molecule has 3 aromatic rings. The van der Waals surface area contributed by atoms with Gasteiger partial charge in [0.05, 0.1) is 13.2 Å². The van der Waals surface area contributed by atoms with E-state index in [1.165, 1.54) is 22.5 Å². The van der Waals surface area contributed by atoms with Crippen LogP contribution < -0.4 is 5.32 Å². The number of halogens is 2. The van der Waals surface area contributed by atoms with Gasteiger partial charge in [0.2, 0.25) is 0 Å². The molecule has 5 atom stereocenters. The van der Waals surface area contributed by atoms with E-state index in [-0.39, 0.29) is 25.2 Å². The lowest BCUT2D eigenvalue weighted by Gasteiger charge is -2.16. The predicted molar refractivity (Wildman–Crippen MR) is 117 cm³/mol. The number of aliphatic hydroxyl groups excluding tert-OH is 2. The maximum atomic E-state index is 13.7. The Morgan fingerprint density at radius 1 is 1.27 bits per heavy atom. The van der Waals surface area contributed by atoms with E-state index in [4.69, 9.17) is 4.74 Å². The minimum absolute atomic E-state index is 0.0127. The third-order valence-electron chi connectivity index (χ3n) is 5.97. The lowest BCUT2D eigenvalue weighted by atomic mass is 10.1. The van der Waals surface area contributed by atoms with Gasteiger partial charge < -0.3 is 20.3 Å². The van der Waals surface area contributed by atoms with Gasteiger partial charge in [-0.3, -0.25) is 0 Å². The van der Waals surface area contributed by atoms with Crippen molar-refractivity contribution in [2.24, 2.45) is 0 Å². The highest BCUT2D eigenvalue weighted by atomic mass is 32.2. The van der Waals surface area contributed by atoms with Gasteiger partial charge in [-0.1, -0.05) is 30.0 Å². The van der Waals surface area contributed by atoms with Crippen molar-refractivity contribution in [3.8, 4) is 0 Å². The highest BCUT2D eigenvalue weighted by molar-refractivity contribution is 7.99. The smallest absolute Gasteiger partial charge is 0.191 e. The van der Waals surface area contributed by atoms with Gasteiger partial charge in [-0.15, -0.1) is 5.10 Å². The van der Waals surface area contributed by atoms with E-state index >= 15 is 0 Å². The number of hydrogen-bond donors (Lipinski definition) is 3. The Morgan fingerprint density at radius 2 is 2.12 bits per heavy atom. The number of fused-ring (bicyclic) bond motifs is 1. The SMILES string of the molecule is CCCSc1nc(N[C@H]2C[C@H]2c2ccc(F)c(F)c2)c2nnn([C@H]3CO[C@H](CO)[C@@H]3O)c2n1. The summed E-state index contributed by atoms with van der Waals surface area (Å²) in [6.07, 6.45) is 0.0564. The van der Waals surface area contributed by atoms with E-state index in [1.807, 2.05) is 0 Å². The number of benzene rings is 1. The molecule has 1 aliphatic heterocycles. The largest absolute Gasteiger partial charge is 0.394 e. The van der Waals surface area contributed by atoms with Gasteiger partial charge in [-0.05, 0) is 30.5 Å². The Hall–Kier alpha value is -2.41. The van der Waals surface area contributed by atoms with Crippen molar-refractivity contribution < 1.29 is 23.7 Å². The summed E-state index contributed by atoms with van der Waals surface area (Å²) in [5.41, 5.74) is 1.64. The van der Waals surface area contributed by atoms with Crippen LogP contribution in [-0.2, 0) is 4.74 Å². The number of aromatic nitrogens is 5. The fourth-order valence-electron chi connectivity index (χ4n) is 4.08. The summed E-state index contributed by atoms with van der Waals surface area (Å²) in [6.45, 7) is 1.95. The van der Waals surface area contributed by atoms with Crippen molar-refractivity contribution in [1.29, 1.82) is 0 Å². The van der Waals surface area contributed by atoms with Crippen LogP contribution >= 0.6 is 11.8 Å². The lowest BCUT2D eigenvalue weighted by molar-refractivity contribution is 0.00177. The summed E-state index contributed by atoms with van der Waals surface area (Å²) in [5, 5.41) is 32.3. The van der Waals surface area contributed by atoms with Crippen LogP contribution in [0.5, 0.6) is 0 Å². The van der Waals surface area contributed by atoms with Gasteiger partial charge >= 0.3 is 0 Å². The topological polar surface area (TPSA) is 118 Å². The van der Waals surface area contributed by atoms with Crippen LogP contribution in [0, 0.1) is 11.6 Å². The highest BCUT2D eigenvalue weighted by Crippen LogP contribution is 2.43. The fraction of sp³-hybridized carbons (Fsp3) is 0.524. The van der Waals surface area contributed by atoms with E-state index < -0.39 is 29.9 Å². The van der Waals surface area contributed by atoms with Crippen molar-refractivity contribution in [2.75, 3.05) is 24.3 Å². The zero-order valence-corrected chi connectivity index (χ0v) is 18.7. The van der Waals surface area contributed by atoms with Gasteiger partial charge in [-0.25, -0.2) is 23.4 Å². The summed E-state index contributed by atoms with van der Waals surface area (Å²) in [6, 6.07) is 3.42. The molecule has 1 saturated carbocycles. The summed E-state index contributed by atoms with van der Waals surface area (Å²) < 4.78 is 33.9. The van der Waals surface area contributed by atoms with Gasteiger partial charge in [0, 0.05) is 17.7 Å². The molecule has 2 fully saturated rings. The quantitative estimate of drug-likeness (QED) is 0.331. The molecule has 0 spiro atoms. The molecule has 176 valence electrons. The van der Waals surface area contributed by atoms with E-state index in [9.17, 15) is 19.0 Å². The molecule has 3 heterocycles. The van der Waals surface area contributed by atoms with Crippen molar-refractivity contribution in [3.63, 3.8) is 0 Å². The second-order valence-electron chi connectivity index (χ2n) is 8.29. The van der Waals surface area contributed by atoms with Crippen molar-refractivity contribution >= 4 is 28.7 Å². The number of ether oxygens (including phenoxy) is 1. The summed E-state index contributed by atoms with van der Waals surface area (Å²) in [4.78, 5) is 9.24. The Bertz CT molecular complexity index is 1160. The van der Waals surface area contributed by atoms with Gasteiger partial charge in [0.15, 0.2) is 33.8 Å². The minimum atomic E-state index is -0.945. The highest BCUT2D eigenvalue weighted by Gasteiger charge is 2.41.